The fraction of sp³-hybridized carbons (Fsp3) is 0.857. The highest BCUT2D eigenvalue weighted by molar-refractivity contribution is 14.0. The van der Waals surface area contributed by atoms with E-state index in [4.69, 9.17) is 0 Å². The summed E-state index contributed by atoms with van der Waals surface area (Å²) in [6.07, 6.45) is 2.80. The molecule has 0 saturated carbocycles. The van der Waals surface area contributed by atoms with Crippen molar-refractivity contribution in [2.75, 3.05) is 20.1 Å². The van der Waals surface area contributed by atoms with Gasteiger partial charge in [-0.25, -0.2) is 0 Å². The molecule has 0 spiro atoms. The maximum absolute atomic E-state index is 11.4. The van der Waals surface area contributed by atoms with Gasteiger partial charge in [0.1, 0.15) is 0 Å². The predicted molar refractivity (Wildman–Crippen MR) is 96.7 cm³/mol. The number of halogens is 1. The van der Waals surface area contributed by atoms with Crippen LogP contribution in [-0.2, 0) is 4.79 Å². The van der Waals surface area contributed by atoms with Gasteiger partial charge in [0.15, 0.2) is 5.96 Å². The summed E-state index contributed by atoms with van der Waals surface area (Å²) in [7, 11) is 1.74. The fourth-order valence-electron chi connectivity index (χ4n) is 1.63. The van der Waals surface area contributed by atoms with Crippen LogP contribution in [0.2, 0.25) is 0 Å². The zero-order valence-corrected chi connectivity index (χ0v) is 15.8. The lowest BCUT2D eigenvalue weighted by Gasteiger charge is -2.13. The smallest absolute Gasteiger partial charge is 0.221 e. The molecular formula is C14H31IN4O. The van der Waals surface area contributed by atoms with Gasteiger partial charge in [-0.1, -0.05) is 13.8 Å². The summed E-state index contributed by atoms with van der Waals surface area (Å²) < 4.78 is 0. The van der Waals surface area contributed by atoms with Crippen molar-refractivity contribution in [3.8, 4) is 0 Å². The molecule has 0 aliphatic heterocycles. The maximum Gasteiger partial charge on any atom is 0.221 e. The van der Waals surface area contributed by atoms with Gasteiger partial charge in [0.2, 0.25) is 5.91 Å². The molecule has 20 heavy (non-hydrogen) atoms. The zero-order valence-electron chi connectivity index (χ0n) is 13.5. The Morgan fingerprint density at radius 2 is 1.70 bits per heavy atom. The first-order chi connectivity index (χ1) is 8.95. The largest absolute Gasteiger partial charge is 0.356 e. The first kappa shape index (κ1) is 21.8. The molecule has 0 atom stereocenters. The van der Waals surface area contributed by atoms with Gasteiger partial charge in [0.05, 0.1) is 0 Å². The summed E-state index contributed by atoms with van der Waals surface area (Å²) in [5, 5.41) is 9.25. The Labute approximate surface area is 140 Å². The van der Waals surface area contributed by atoms with E-state index in [0.29, 0.717) is 13.0 Å². The molecular weight excluding hydrogens is 367 g/mol. The minimum Gasteiger partial charge on any atom is -0.356 e. The summed E-state index contributed by atoms with van der Waals surface area (Å²) >= 11 is 0. The van der Waals surface area contributed by atoms with E-state index in [0.717, 1.165) is 24.8 Å². The van der Waals surface area contributed by atoms with Crippen molar-refractivity contribution in [2.24, 2.45) is 10.9 Å². The Hall–Kier alpha value is -0.530. The quantitative estimate of drug-likeness (QED) is 0.254. The van der Waals surface area contributed by atoms with Crippen LogP contribution in [-0.4, -0.2) is 38.0 Å². The highest BCUT2D eigenvalue weighted by Gasteiger charge is 2.03. The summed E-state index contributed by atoms with van der Waals surface area (Å²) in [5.41, 5.74) is 0. The number of guanidine groups is 1. The molecule has 3 N–H and O–H groups in total. The Kier molecular flexibility index (Phi) is 14.6. The van der Waals surface area contributed by atoms with Crippen LogP contribution < -0.4 is 16.0 Å². The van der Waals surface area contributed by atoms with Gasteiger partial charge in [-0.2, -0.15) is 0 Å². The molecule has 0 bridgehead atoms. The summed E-state index contributed by atoms with van der Waals surface area (Å²) in [6.45, 7) is 9.88. The van der Waals surface area contributed by atoms with Crippen molar-refractivity contribution in [2.45, 2.75) is 53.0 Å². The van der Waals surface area contributed by atoms with Crippen LogP contribution >= 0.6 is 24.0 Å². The van der Waals surface area contributed by atoms with Crippen LogP contribution in [0, 0.1) is 5.92 Å². The molecule has 0 aromatic heterocycles. The van der Waals surface area contributed by atoms with Gasteiger partial charge in [0, 0.05) is 32.6 Å². The third-order valence-corrected chi connectivity index (χ3v) is 2.57. The van der Waals surface area contributed by atoms with E-state index in [2.05, 4.69) is 34.8 Å². The molecule has 0 aliphatic rings. The van der Waals surface area contributed by atoms with Crippen LogP contribution in [0.4, 0.5) is 0 Å². The highest BCUT2D eigenvalue weighted by atomic mass is 127. The standard InChI is InChI=1S/C14H30N4O.HI/c1-11(2)7-6-9-16-14(15-5)17-10-8-13(19)18-12(3)4;/h11-12H,6-10H2,1-5H3,(H,18,19)(H2,15,16,17);1H. The second-order valence-electron chi connectivity index (χ2n) is 5.43. The number of hydrogen-bond acceptors (Lipinski definition) is 2. The minimum absolute atomic E-state index is 0. The van der Waals surface area contributed by atoms with Gasteiger partial charge >= 0.3 is 0 Å². The van der Waals surface area contributed by atoms with E-state index >= 15 is 0 Å². The van der Waals surface area contributed by atoms with E-state index < -0.39 is 0 Å². The Balaban J connectivity index is 0. The van der Waals surface area contributed by atoms with E-state index in [1.807, 2.05) is 13.8 Å². The number of aliphatic imine (C=N–C) groups is 1. The van der Waals surface area contributed by atoms with Gasteiger partial charge < -0.3 is 16.0 Å². The zero-order chi connectivity index (χ0) is 14.7. The van der Waals surface area contributed by atoms with E-state index in [9.17, 15) is 4.79 Å². The molecule has 0 heterocycles. The number of hydrogen-bond donors (Lipinski definition) is 3. The van der Waals surface area contributed by atoms with Crippen molar-refractivity contribution >= 4 is 35.8 Å². The molecule has 0 radical (unpaired) electrons. The maximum atomic E-state index is 11.4. The van der Waals surface area contributed by atoms with Crippen molar-refractivity contribution in [1.29, 1.82) is 0 Å². The fourth-order valence-corrected chi connectivity index (χ4v) is 1.63. The lowest BCUT2D eigenvalue weighted by atomic mass is 10.1. The third-order valence-electron chi connectivity index (χ3n) is 2.57. The lowest BCUT2D eigenvalue weighted by Crippen LogP contribution is -2.40. The van der Waals surface area contributed by atoms with Gasteiger partial charge in [-0.3, -0.25) is 9.79 Å². The number of amides is 1. The molecule has 0 aromatic rings. The predicted octanol–water partition coefficient (Wildman–Crippen LogP) is 2.12. The summed E-state index contributed by atoms with van der Waals surface area (Å²) in [6, 6.07) is 0.195. The van der Waals surface area contributed by atoms with Gasteiger partial charge in [-0.15, -0.1) is 24.0 Å². The highest BCUT2D eigenvalue weighted by Crippen LogP contribution is 2.01. The average molecular weight is 398 g/mol. The van der Waals surface area contributed by atoms with E-state index in [1.54, 1.807) is 7.05 Å². The molecule has 6 heteroatoms. The van der Waals surface area contributed by atoms with Crippen molar-refractivity contribution < 1.29 is 4.79 Å². The molecule has 0 fully saturated rings. The van der Waals surface area contributed by atoms with Crippen LogP contribution in [0.1, 0.15) is 47.0 Å². The molecule has 1 amide bonds. The summed E-state index contributed by atoms with van der Waals surface area (Å²) in [5.74, 6) is 1.57. The first-order valence-electron chi connectivity index (χ1n) is 7.19. The van der Waals surface area contributed by atoms with Crippen molar-refractivity contribution in [3.05, 3.63) is 0 Å². The van der Waals surface area contributed by atoms with E-state index in [-0.39, 0.29) is 35.9 Å². The number of nitrogens with zero attached hydrogens (tertiary/aromatic N) is 1. The molecule has 0 rings (SSSR count). The van der Waals surface area contributed by atoms with Crippen molar-refractivity contribution in [3.63, 3.8) is 0 Å². The second-order valence-corrected chi connectivity index (χ2v) is 5.43. The lowest BCUT2D eigenvalue weighted by molar-refractivity contribution is -0.121. The Morgan fingerprint density at radius 1 is 1.10 bits per heavy atom. The second kappa shape index (κ2) is 13.5. The SMILES string of the molecule is CN=C(NCCCC(C)C)NCCC(=O)NC(C)C.I. The number of carbonyl (C=O) groups excluding carboxylic acids is 1. The average Bonchev–Trinajstić information content (AvgIpc) is 2.30. The van der Waals surface area contributed by atoms with Gasteiger partial charge in [0.25, 0.3) is 0 Å². The minimum atomic E-state index is 0. The molecule has 0 unspecified atom stereocenters. The van der Waals surface area contributed by atoms with E-state index in [1.165, 1.54) is 6.42 Å². The van der Waals surface area contributed by atoms with Gasteiger partial charge in [-0.05, 0) is 32.6 Å². The molecule has 120 valence electrons. The number of rotatable bonds is 8. The normalized spacial score (nSPS) is 11.2. The first-order valence-corrected chi connectivity index (χ1v) is 7.19. The van der Waals surface area contributed by atoms with Crippen LogP contribution in [0.3, 0.4) is 0 Å². The van der Waals surface area contributed by atoms with Crippen LogP contribution in [0.5, 0.6) is 0 Å². The summed E-state index contributed by atoms with van der Waals surface area (Å²) in [4.78, 5) is 15.6. The van der Waals surface area contributed by atoms with Crippen LogP contribution in [0.15, 0.2) is 4.99 Å². The number of nitrogens with one attached hydrogen (secondary N) is 3. The molecule has 0 saturated heterocycles. The van der Waals surface area contributed by atoms with Crippen LogP contribution in [0.25, 0.3) is 0 Å². The van der Waals surface area contributed by atoms with Crippen molar-refractivity contribution in [1.82, 2.24) is 16.0 Å². The topological polar surface area (TPSA) is 65.5 Å². The molecule has 0 aliphatic carbocycles. The monoisotopic (exact) mass is 398 g/mol. The molecule has 0 aromatic carbocycles. The third kappa shape index (κ3) is 13.9. The Bertz CT molecular complexity index is 280. The number of carbonyl (C=O) groups is 1. The Morgan fingerprint density at radius 3 is 2.20 bits per heavy atom. The molecule has 5 nitrogen and oxygen atoms in total.